The fourth-order valence-electron chi connectivity index (χ4n) is 2.57. The summed E-state index contributed by atoms with van der Waals surface area (Å²) in [4.78, 5) is 12.6. The number of carbonyl (C=O) groups is 1. The maximum atomic E-state index is 13.5. The molecule has 0 unspecified atom stereocenters. The Hall–Kier alpha value is -1.67. The Bertz CT molecular complexity index is 662. The summed E-state index contributed by atoms with van der Waals surface area (Å²) < 4.78 is 13.5. The van der Waals surface area contributed by atoms with Gasteiger partial charge in [0.05, 0.1) is 5.02 Å². The van der Waals surface area contributed by atoms with Crippen LogP contribution in [0.25, 0.3) is 0 Å². The number of benzene rings is 2. The van der Waals surface area contributed by atoms with Crippen molar-refractivity contribution in [2.24, 2.45) is 0 Å². The summed E-state index contributed by atoms with van der Waals surface area (Å²) in [5, 5.41) is 0.0360. The molecule has 0 heterocycles. The summed E-state index contributed by atoms with van der Waals surface area (Å²) in [5.41, 5.74) is 2.11. The third kappa shape index (κ3) is 2.36. The van der Waals surface area contributed by atoms with Crippen LogP contribution in [0.1, 0.15) is 46.7 Å². The summed E-state index contributed by atoms with van der Waals surface area (Å²) >= 11 is 5.66. The lowest BCUT2D eigenvalue weighted by atomic mass is 9.77. The molecule has 0 radical (unpaired) electrons. The summed E-state index contributed by atoms with van der Waals surface area (Å²) in [6.07, 6.45) is 3.46. The van der Waals surface area contributed by atoms with Gasteiger partial charge in [0.15, 0.2) is 5.78 Å². The second kappa shape index (κ2) is 5.37. The van der Waals surface area contributed by atoms with E-state index in [1.165, 1.54) is 18.6 Å². The van der Waals surface area contributed by atoms with Gasteiger partial charge >= 0.3 is 0 Å². The largest absolute Gasteiger partial charge is 0.289 e. The van der Waals surface area contributed by atoms with Crippen LogP contribution in [0, 0.1) is 5.82 Å². The molecule has 0 amide bonds. The van der Waals surface area contributed by atoms with Crippen molar-refractivity contribution in [3.63, 3.8) is 0 Å². The Morgan fingerprint density at radius 2 is 1.90 bits per heavy atom. The van der Waals surface area contributed by atoms with Crippen molar-refractivity contribution >= 4 is 17.4 Å². The van der Waals surface area contributed by atoms with Crippen LogP contribution < -0.4 is 0 Å². The second-order valence-electron chi connectivity index (χ2n) is 5.17. The molecule has 0 atom stereocenters. The molecular formula is C17H14ClFO. The molecule has 1 nitrogen and oxygen atoms in total. The number of halogens is 2. The van der Waals surface area contributed by atoms with E-state index >= 15 is 0 Å². The molecule has 0 saturated heterocycles. The highest BCUT2D eigenvalue weighted by Gasteiger charge is 2.24. The molecule has 20 heavy (non-hydrogen) atoms. The zero-order chi connectivity index (χ0) is 14.1. The van der Waals surface area contributed by atoms with E-state index in [4.69, 9.17) is 11.6 Å². The number of hydrogen-bond acceptors (Lipinski definition) is 1. The van der Waals surface area contributed by atoms with Gasteiger partial charge in [-0.25, -0.2) is 4.39 Å². The molecule has 1 aliphatic carbocycles. The van der Waals surface area contributed by atoms with Gasteiger partial charge < -0.3 is 0 Å². The lowest BCUT2D eigenvalue weighted by Gasteiger charge is -2.27. The monoisotopic (exact) mass is 288 g/mol. The number of ketones is 1. The van der Waals surface area contributed by atoms with Gasteiger partial charge in [-0.05, 0) is 42.5 Å². The van der Waals surface area contributed by atoms with Crippen molar-refractivity contribution in [2.75, 3.05) is 0 Å². The Morgan fingerprint density at radius 1 is 1.15 bits per heavy atom. The van der Waals surface area contributed by atoms with Gasteiger partial charge in [0.2, 0.25) is 0 Å². The van der Waals surface area contributed by atoms with E-state index < -0.39 is 5.82 Å². The molecule has 2 aromatic carbocycles. The van der Waals surface area contributed by atoms with Gasteiger partial charge in [-0.15, -0.1) is 0 Å². The first-order valence-electron chi connectivity index (χ1n) is 6.75. The Morgan fingerprint density at radius 3 is 2.55 bits per heavy atom. The molecule has 3 heteroatoms. The SMILES string of the molecule is O=C(c1ccc(Cl)c(F)c1)c1ccccc1C1CCC1. The maximum Gasteiger partial charge on any atom is 0.193 e. The normalized spacial score (nSPS) is 14.9. The highest BCUT2D eigenvalue weighted by atomic mass is 35.5. The van der Waals surface area contributed by atoms with Crippen molar-refractivity contribution in [3.05, 3.63) is 70.0 Å². The number of carbonyl (C=O) groups excluding carboxylic acids is 1. The number of rotatable bonds is 3. The molecule has 3 rings (SSSR count). The van der Waals surface area contributed by atoms with E-state index in [1.54, 1.807) is 6.07 Å². The molecule has 1 aliphatic rings. The fraction of sp³-hybridized carbons (Fsp3) is 0.235. The molecule has 0 N–H and O–H groups in total. The van der Waals surface area contributed by atoms with Gasteiger partial charge in [-0.1, -0.05) is 42.3 Å². The maximum absolute atomic E-state index is 13.5. The standard InChI is InChI=1S/C17H14ClFO/c18-15-9-8-12(10-16(15)19)17(20)14-7-2-1-6-13(14)11-4-3-5-11/h1-2,6-11H,3-5H2. The highest BCUT2D eigenvalue weighted by Crippen LogP contribution is 2.38. The average Bonchev–Trinajstić information content (AvgIpc) is 2.40. The van der Waals surface area contributed by atoms with Crippen LogP contribution >= 0.6 is 11.6 Å². The zero-order valence-corrected chi connectivity index (χ0v) is 11.7. The van der Waals surface area contributed by atoms with Crippen molar-refractivity contribution in [1.82, 2.24) is 0 Å². The number of hydrogen-bond donors (Lipinski definition) is 0. The molecular weight excluding hydrogens is 275 g/mol. The molecule has 0 aromatic heterocycles. The van der Waals surface area contributed by atoms with Crippen LogP contribution in [0.3, 0.4) is 0 Å². The van der Waals surface area contributed by atoms with Gasteiger partial charge in [-0.2, -0.15) is 0 Å². The second-order valence-corrected chi connectivity index (χ2v) is 5.58. The third-order valence-corrected chi connectivity index (χ3v) is 4.24. The predicted molar refractivity (Wildman–Crippen MR) is 77.9 cm³/mol. The van der Waals surface area contributed by atoms with E-state index in [-0.39, 0.29) is 10.8 Å². The molecule has 1 saturated carbocycles. The van der Waals surface area contributed by atoms with Crippen molar-refractivity contribution < 1.29 is 9.18 Å². The minimum atomic E-state index is -0.557. The van der Waals surface area contributed by atoms with Crippen molar-refractivity contribution in [1.29, 1.82) is 0 Å². The van der Waals surface area contributed by atoms with Crippen molar-refractivity contribution in [3.8, 4) is 0 Å². The van der Waals surface area contributed by atoms with Gasteiger partial charge in [0.25, 0.3) is 0 Å². The van der Waals surface area contributed by atoms with Gasteiger partial charge in [0, 0.05) is 11.1 Å². The first-order chi connectivity index (χ1) is 9.66. The summed E-state index contributed by atoms with van der Waals surface area (Å²) in [7, 11) is 0. The van der Waals surface area contributed by atoms with Gasteiger partial charge in [-0.3, -0.25) is 4.79 Å². The predicted octanol–water partition coefficient (Wildman–Crippen LogP) is 4.98. The minimum Gasteiger partial charge on any atom is -0.289 e. The van der Waals surface area contributed by atoms with E-state index in [2.05, 4.69) is 0 Å². The molecule has 0 bridgehead atoms. The highest BCUT2D eigenvalue weighted by molar-refractivity contribution is 6.30. The van der Waals surface area contributed by atoms with Crippen LogP contribution in [-0.4, -0.2) is 5.78 Å². The Kier molecular flexibility index (Phi) is 3.58. The Labute approximate surface area is 122 Å². The minimum absolute atomic E-state index is 0.0360. The van der Waals surface area contributed by atoms with Crippen LogP contribution in [0.15, 0.2) is 42.5 Å². The molecule has 0 spiro atoms. The van der Waals surface area contributed by atoms with Crippen molar-refractivity contribution in [2.45, 2.75) is 25.2 Å². The fourth-order valence-corrected chi connectivity index (χ4v) is 2.69. The lowest BCUT2D eigenvalue weighted by Crippen LogP contribution is -2.14. The summed E-state index contributed by atoms with van der Waals surface area (Å²) in [6.45, 7) is 0. The first kappa shape index (κ1) is 13.3. The molecule has 0 aliphatic heterocycles. The van der Waals surface area contributed by atoms with E-state index in [0.29, 0.717) is 17.0 Å². The van der Waals surface area contributed by atoms with Crippen LogP contribution in [0.5, 0.6) is 0 Å². The quantitative estimate of drug-likeness (QED) is 0.728. The smallest absolute Gasteiger partial charge is 0.193 e. The van der Waals surface area contributed by atoms with Crippen LogP contribution in [-0.2, 0) is 0 Å². The van der Waals surface area contributed by atoms with Crippen LogP contribution in [0.4, 0.5) is 4.39 Å². The van der Waals surface area contributed by atoms with Crippen LogP contribution in [0.2, 0.25) is 5.02 Å². The van der Waals surface area contributed by atoms with E-state index in [0.717, 1.165) is 18.4 Å². The summed E-state index contributed by atoms with van der Waals surface area (Å²) in [6, 6.07) is 11.8. The van der Waals surface area contributed by atoms with E-state index in [9.17, 15) is 9.18 Å². The average molecular weight is 289 g/mol. The van der Waals surface area contributed by atoms with E-state index in [1.807, 2.05) is 24.3 Å². The topological polar surface area (TPSA) is 17.1 Å². The third-order valence-electron chi connectivity index (χ3n) is 3.93. The molecule has 1 fully saturated rings. The Balaban J connectivity index is 1.99. The first-order valence-corrected chi connectivity index (χ1v) is 7.13. The molecule has 2 aromatic rings. The van der Waals surface area contributed by atoms with Gasteiger partial charge in [0.1, 0.15) is 5.82 Å². The lowest BCUT2D eigenvalue weighted by molar-refractivity contribution is 0.103. The zero-order valence-electron chi connectivity index (χ0n) is 10.9. The summed E-state index contributed by atoms with van der Waals surface area (Å²) in [5.74, 6) is -0.228. The molecule has 102 valence electrons.